The van der Waals surface area contributed by atoms with E-state index in [1.54, 1.807) is 5.38 Å². The highest BCUT2D eigenvalue weighted by molar-refractivity contribution is 7.22. The van der Waals surface area contributed by atoms with E-state index >= 15 is 0 Å². The van der Waals surface area contributed by atoms with Gasteiger partial charge in [-0.3, -0.25) is 9.59 Å². The molecule has 0 unspecified atom stereocenters. The summed E-state index contributed by atoms with van der Waals surface area (Å²) >= 11 is 2.76. The fourth-order valence-corrected chi connectivity index (χ4v) is 3.86. The number of para-hydroxylation sites is 1. The molecule has 6 nitrogen and oxygen atoms in total. The van der Waals surface area contributed by atoms with Gasteiger partial charge in [0.25, 0.3) is 0 Å². The van der Waals surface area contributed by atoms with Gasteiger partial charge in [0.1, 0.15) is 0 Å². The van der Waals surface area contributed by atoms with Crippen molar-refractivity contribution in [2.24, 2.45) is 5.41 Å². The first-order valence-electron chi connectivity index (χ1n) is 8.14. The molecule has 0 saturated heterocycles. The van der Waals surface area contributed by atoms with Gasteiger partial charge >= 0.3 is 0 Å². The normalized spacial score (nSPS) is 11.5. The number of amides is 2. The summed E-state index contributed by atoms with van der Waals surface area (Å²) in [6.07, 6.45) is 0.136. The van der Waals surface area contributed by atoms with Crippen molar-refractivity contribution in [3.63, 3.8) is 0 Å². The summed E-state index contributed by atoms with van der Waals surface area (Å²) in [5.74, 6) is -0.284. The standard InChI is InChI=1S/C18H20N4O2S2/c1-10-6-5-7-12-14(10)21-17(26-12)20-13(23)8-11-9-25-16(19-11)22-15(24)18(2,3)4/h5-7,9H,8H2,1-4H3,(H,19,22,24)(H,20,21,23). The lowest BCUT2D eigenvalue weighted by Gasteiger charge is -2.15. The second-order valence-electron chi connectivity index (χ2n) is 7.01. The maximum Gasteiger partial charge on any atom is 0.232 e. The topological polar surface area (TPSA) is 84.0 Å². The number of fused-ring (bicyclic) bond motifs is 1. The lowest BCUT2D eigenvalue weighted by molar-refractivity contribution is -0.123. The molecule has 0 saturated carbocycles. The van der Waals surface area contributed by atoms with Crippen LogP contribution in [0.4, 0.5) is 10.3 Å². The van der Waals surface area contributed by atoms with Crippen LogP contribution >= 0.6 is 22.7 Å². The van der Waals surface area contributed by atoms with E-state index in [9.17, 15) is 9.59 Å². The lowest BCUT2D eigenvalue weighted by atomic mass is 9.96. The monoisotopic (exact) mass is 388 g/mol. The Balaban J connectivity index is 1.63. The number of nitrogens with zero attached hydrogens (tertiary/aromatic N) is 2. The van der Waals surface area contributed by atoms with Crippen LogP contribution in [0.1, 0.15) is 32.0 Å². The zero-order valence-corrected chi connectivity index (χ0v) is 16.7. The van der Waals surface area contributed by atoms with Crippen LogP contribution in [-0.4, -0.2) is 21.8 Å². The molecular weight excluding hydrogens is 368 g/mol. The van der Waals surface area contributed by atoms with E-state index < -0.39 is 5.41 Å². The molecule has 1 aromatic carbocycles. The lowest BCUT2D eigenvalue weighted by Crippen LogP contribution is -2.27. The van der Waals surface area contributed by atoms with Crippen LogP contribution in [0, 0.1) is 12.3 Å². The van der Waals surface area contributed by atoms with Crippen molar-refractivity contribution in [2.45, 2.75) is 34.1 Å². The quantitative estimate of drug-likeness (QED) is 0.701. The third kappa shape index (κ3) is 4.25. The summed E-state index contributed by atoms with van der Waals surface area (Å²) in [7, 11) is 0. The van der Waals surface area contributed by atoms with Crippen molar-refractivity contribution in [1.82, 2.24) is 9.97 Å². The summed E-state index contributed by atoms with van der Waals surface area (Å²) in [6.45, 7) is 7.51. The Bertz CT molecular complexity index is 969. The largest absolute Gasteiger partial charge is 0.302 e. The Morgan fingerprint density at radius 2 is 1.88 bits per heavy atom. The summed E-state index contributed by atoms with van der Waals surface area (Å²) in [6, 6.07) is 5.96. The molecule has 136 valence electrons. The third-order valence-corrected chi connectivity index (χ3v) is 5.40. The number of benzene rings is 1. The van der Waals surface area contributed by atoms with E-state index in [2.05, 4.69) is 20.6 Å². The van der Waals surface area contributed by atoms with Crippen LogP contribution < -0.4 is 10.6 Å². The van der Waals surface area contributed by atoms with Crippen molar-refractivity contribution in [1.29, 1.82) is 0 Å². The number of hydrogen-bond acceptors (Lipinski definition) is 6. The van der Waals surface area contributed by atoms with Gasteiger partial charge in [0.05, 0.1) is 22.3 Å². The highest BCUT2D eigenvalue weighted by atomic mass is 32.1. The Morgan fingerprint density at radius 1 is 1.12 bits per heavy atom. The van der Waals surface area contributed by atoms with Crippen LogP contribution in [0.5, 0.6) is 0 Å². The molecular formula is C18H20N4O2S2. The van der Waals surface area contributed by atoms with E-state index in [1.165, 1.54) is 22.7 Å². The minimum absolute atomic E-state index is 0.104. The van der Waals surface area contributed by atoms with Gasteiger partial charge in [0.2, 0.25) is 11.8 Å². The second kappa shape index (κ2) is 7.13. The first kappa shape index (κ1) is 18.5. The predicted molar refractivity (Wildman–Crippen MR) is 107 cm³/mol. The highest BCUT2D eigenvalue weighted by Gasteiger charge is 2.22. The molecule has 0 bridgehead atoms. The first-order valence-corrected chi connectivity index (χ1v) is 9.84. The molecule has 26 heavy (non-hydrogen) atoms. The smallest absolute Gasteiger partial charge is 0.232 e. The molecule has 0 spiro atoms. The van der Waals surface area contributed by atoms with Gasteiger partial charge in [-0.1, -0.05) is 44.2 Å². The van der Waals surface area contributed by atoms with E-state index in [-0.39, 0.29) is 18.2 Å². The van der Waals surface area contributed by atoms with E-state index in [0.29, 0.717) is 16.0 Å². The predicted octanol–water partition coefficient (Wildman–Crippen LogP) is 4.23. The molecule has 0 aliphatic heterocycles. The van der Waals surface area contributed by atoms with E-state index in [1.807, 2.05) is 45.9 Å². The van der Waals surface area contributed by atoms with Crippen LogP contribution in [0.2, 0.25) is 0 Å². The van der Waals surface area contributed by atoms with Crippen molar-refractivity contribution in [2.75, 3.05) is 10.6 Å². The summed E-state index contributed by atoms with van der Waals surface area (Å²) < 4.78 is 1.04. The molecule has 0 aliphatic rings. The molecule has 2 N–H and O–H groups in total. The van der Waals surface area contributed by atoms with E-state index in [4.69, 9.17) is 0 Å². The number of carbonyl (C=O) groups is 2. The Morgan fingerprint density at radius 3 is 2.58 bits per heavy atom. The van der Waals surface area contributed by atoms with Crippen LogP contribution in [0.15, 0.2) is 23.6 Å². The number of anilines is 2. The number of aromatic nitrogens is 2. The molecule has 2 amide bonds. The summed E-state index contributed by atoms with van der Waals surface area (Å²) in [5, 5.41) is 8.46. The van der Waals surface area contributed by atoms with Gasteiger partial charge in [-0.2, -0.15) is 0 Å². The highest BCUT2D eigenvalue weighted by Crippen LogP contribution is 2.28. The zero-order chi connectivity index (χ0) is 18.9. The average molecular weight is 389 g/mol. The SMILES string of the molecule is Cc1cccc2sc(NC(=O)Cc3csc(NC(=O)C(C)(C)C)n3)nc12. The molecule has 3 aromatic rings. The Hall–Kier alpha value is -2.32. The Labute approximate surface area is 159 Å². The van der Waals surface area contributed by atoms with Crippen LogP contribution in [0.25, 0.3) is 10.2 Å². The number of thiazole rings is 2. The van der Waals surface area contributed by atoms with Crippen molar-refractivity contribution in [3.8, 4) is 0 Å². The van der Waals surface area contributed by atoms with Gasteiger partial charge in [-0.25, -0.2) is 9.97 Å². The molecule has 2 aromatic heterocycles. The summed E-state index contributed by atoms with van der Waals surface area (Å²) in [5.41, 5.74) is 2.12. The maximum absolute atomic E-state index is 12.3. The third-order valence-electron chi connectivity index (χ3n) is 3.66. The van der Waals surface area contributed by atoms with Crippen LogP contribution in [0.3, 0.4) is 0 Å². The van der Waals surface area contributed by atoms with Crippen molar-refractivity contribution in [3.05, 3.63) is 34.8 Å². The minimum Gasteiger partial charge on any atom is -0.302 e. The maximum atomic E-state index is 12.3. The number of rotatable bonds is 4. The molecule has 0 aliphatic carbocycles. The molecule has 0 atom stereocenters. The van der Waals surface area contributed by atoms with Crippen LogP contribution in [-0.2, 0) is 16.0 Å². The zero-order valence-electron chi connectivity index (χ0n) is 15.0. The second-order valence-corrected chi connectivity index (χ2v) is 8.90. The number of aryl methyl sites for hydroxylation is 1. The van der Waals surface area contributed by atoms with Crippen molar-refractivity contribution >= 4 is 55.0 Å². The fraction of sp³-hybridized carbons (Fsp3) is 0.333. The molecule has 2 heterocycles. The van der Waals surface area contributed by atoms with Crippen molar-refractivity contribution < 1.29 is 9.59 Å². The molecule has 0 fully saturated rings. The van der Waals surface area contributed by atoms with Gasteiger partial charge in [-0.05, 0) is 18.6 Å². The summed E-state index contributed by atoms with van der Waals surface area (Å²) in [4.78, 5) is 33.0. The van der Waals surface area contributed by atoms with E-state index in [0.717, 1.165) is 15.8 Å². The number of nitrogens with one attached hydrogen (secondary N) is 2. The van der Waals surface area contributed by atoms with Gasteiger partial charge in [-0.15, -0.1) is 11.3 Å². The molecule has 3 rings (SSSR count). The molecule has 8 heteroatoms. The minimum atomic E-state index is -0.492. The first-order chi connectivity index (χ1) is 12.2. The number of carbonyl (C=O) groups excluding carboxylic acids is 2. The van der Waals surface area contributed by atoms with Gasteiger partial charge < -0.3 is 10.6 Å². The fourth-order valence-electron chi connectivity index (χ4n) is 2.20. The average Bonchev–Trinajstić information content (AvgIpc) is 3.13. The number of hydrogen-bond donors (Lipinski definition) is 2. The molecule has 0 radical (unpaired) electrons. The van der Waals surface area contributed by atoms with Gasteiger partial charge in [0, 0.05) is 10.8 Å². The van der Waals surface area contributed by atoms with Gasteiger partial charge in [0.15, 0.2) is 10.3 Å². The Kier molecular flexibility index (Phi) is 5.06.